The van der Waals surface area contributed by atoms with Crippen molar-refractivity contribution in [2.24, 2.45) is 4.99 Å². The van der Waals surface area contributed by atoms with E-state index in [1.165, 1.54) is 5.56 Å². The van der Waals surface area contributed by atoms with Crippen LogP contribution in [0.5, 0.6) is 11.5 Å². The van der Waals surface area contributed by atoms with E-state index in [9.17, 15) is 5.11 Å². The maximum absolute atomic E-state index is 9.99. The Kier molecular flexibility index (Phi) is 4.77. The second-order valence-electron chi connectivity index (χ2n) is 4.87. The van der Waals surface area contributed by atoms with Crippen molar-refractivity contribution in [2.45, 2.75) is 13.8 Å². The van der Waals surface area contributed by atoms with Gasteiger partial charge in [0.15, 0.2) is 0 Å². The van der Waals surface area contributed by atoms with Crippen molar-refractivity contribution in [3.8, 4) is 11.5 Å². The number of rotatable bonds is 5. The van der Waals surface area contributed by atoms with Crippen LogP contribution in [0, 0.1) is 13.8 Å². The average Bonchev–Trinajstić information content (AvgIpc) is 2.45. The Labute approximate surface area is 125 Å². The van der Waals surface area contributed by atoms with Crippen LogP contribution in [-0.4, -0.2) is 17.9 Å². The van der Waals surface area contributed by atoms with Crippen LogP contribution < -0.4 is 4.74 Å². The quantitative estimate of drug-likeness (QED) is 0.655. The van der Waals surface area contributed by atoms with Crippen molar-refractivity contribution >= 4 is 11.9 Å². The van der Waals surface area contributed by atoms with Crippen LogP contribution in [0.1, 0.15) is 16.7 Å². The molecule has 3 heteroatoms. The molecule has 0 bridgehead atoms. The molecular formula is C18H19NO2. The lowest BCUT2D eigenvalue weighted by atomic mass is 10.1. The molecule has 0 aromatic heterocycles. The highest BCUT2D eigenvalue weighted by Gasteiger charge is 2.02. The third-order valence-corrected chi connectivity index (χ3v) is 3.06. The van der Waals surface area contributed by atoms with Gasteiger partial charge in [0.2, 0.25) is 0 Å². The predicted molar refractivity (Wildman–Crippen MR) is 87.0 cm³/mol. The summed E-state index contributed by atoms with van der Waals surface area (Å²) in [5.41, 5.74) is 3.86. The Hall–Kier alpha value is -2.55. The molecule has 0 saturated carbocycles. The zero-order valence-corrected chi connectivity index (χ0v) is 12.3. The first-order chi connectivity index (χ1) is 10.1. The first-order valence-electron chi connectivity index (χ1n) is 6.78. The molecule has 1 N–H and O–H groups in total. The minimum atomic E-state index is 0.144. The smallest absolute Gasteiger partial charge is 0.128 e. The average molecular weight is 281 g/mol. The van der Waals surface area contributed by atoms with Gasteiger partial charge in [-0.15, -0.1) is 0 Å². The molecule has 0 aliphatic carbocycles. The molecule has 108 valence electrons. The van der Waals surface area contributed by atoms with E-state index in [0.29, 0.717) is 17.9 Å². The maximum Gasteiger partial charge on any atom is 0.128 e. The van der Waals surface area contributed by atoms with Gasteiger partial charge in [-0.1, -0.05) is 30.4 Å². The molecule has 2 aromatic carbocycles. The summed E-state index contributed by atoms with van der Waals surface area (Å²) in [7, 11) is 0. The molecule has 0 aliphatic heterocycles. The fourth-order valence-corrected chi connectivity index (χ4v) is 1.97. The number of phenolic OH excluding ortho intramolecular Hbond substituents is 1. The van der Waals surface area contributed by atoms with Crippen LogP contribution in [0.15, 0.2) is 54.0 Å². The second-order valence-corrected chi connectivity index (χ2v) is 4.87. The first kappa shape index (κ1) is 14.9. The molecule has 0 unspecified atom stereocenters. The van der Waals surface area contributed by atoms with Gasteiger partial charge in [0, 0.05) is 17.8 Å². The normalized spacial score (nSPS) is 10.8. The number of nitrogens with zero attached hydrogens (tertiary/aromatic N) is 1. The predicted octanol–water partition coefficient (Wildman–Crippen LogP) is 4.32. The van der Waals surface area contributed by atoms with Gasteiger partial charge in [-0.3, -0.25) is 4.99 Å². The van der Waals surface area contributed by atoms with Gasteiger partial charge in [-0.25, -0.2) is 0 Å². The van der Waals surface area contributed by atoms with Crippen molar-refractivity contribution in [3.63, 3.8) is 0 Å². The van der Waals surface area contributed by atoms with Crippen LogP contribution >= 0.6 is 0 Å². The number of hydrogen-bond donors (Lipinski definition) is 1. The molecule has 0 aliphatic rings. The molecule has 2 rings (SSSR count). The fourth-order valence-electron chi connectivity index (χ4n) is 1.97. The number of aliphatic imine (C=N–C) groups is 1. The molecule has 0 spiro atoms. The Bertz CT molecular complexity index is 675. The molecule has 21 heavy (non-hydrogen) atoms. The van der Waals surface area contributed by atoms with Crippen LogP contribution in [-0.2, 0) is 0 Å². The largest absolute Gasteiger partial charge is 0.507 e. The number of aromatic hydroxyl groups is 1. The van der Waals surface area contributed by atoms with E-state index < -0.39 is 0 Å². The highest BCUT2D eigenvalue weighted by molar-refractivity contribution is 5.85. The highest BCUT2D eigenvalue weighted by Crippen LogP contribution is 2.24. The molecule has 2 aromatic rings. The number of hydrogen-bond acceptors (Lipinski definition) is 3. The summed E-state index contributed by atoms with van der Waals surface area (Å²) >= 11 is 0. The van der Waals surface area contributed by atoms with Crippen LogP contribution in [0.25, 0.3) is 0 Å². The summed E-state index contributed by atoms with van der Waals surface area (Å²) < 4.78 is 5.36. The molecule has 0 atom stereocenters. The maximum atomic E-state index is 9.99. The van der Waals surface area contributed by atoms with E-state index in [4.69, 9.17) is 4.74 Å². The summed E-state index contributed by atoms with van der Waals surface area (Å²) in [6.45, 7) is 8.07. The van der Waals surface area contributed by atoms with E-state index in [1.807, 2.05) is 26.0 Å². The van der Waals surface area contributed by atoms with Gasteiger partial charge in [0.1, 0.15) is 18.1 Å². The van der Waals surface area contributed by atoms with E-state index in [0.717, 1.165) is 11.3 Å². The summed E-state index contributed by atoms with van der Waals surface area (Å²) in [5, 5.41) is 9.99. The van der Waals surface area contributed by atoms with Crippen LogP contribution in [0.4, 0.5) is 5.69 Å². The van der Waals surface area contributed by atoms with E-state index in [1.54, 1.807) is 30.5 Å². The second kappa shape index (κ2) is 6.75. The molecule has 0 heterocycles. The van der Waals surface area contributed by atoms with E-state index in [2.05, 4.69) is 17.6 Å². The lowest BCUT2D eigenvalue weighted by molar-refractivity contribution is 0.360. The summed E-state index contributed by atoms with van der Waals surface area (Å²) in [6, 6.07) is 11.2. The van der Waals surface area contributed by atoms with Crippen molar-refractivity contribution in [3.05, 3.63) is 65.7 Å². The summed E-state index contributed by atoms with van der Waals surface area (Å²) in [6.07, 6.45) is 3.32. The van der Waals surface area contributed by atoms with Gasteiger partial charge in [-0.05, 0) is 37.6 Å². The molecule has 0 fully saturated rings. The Morgan fingerprint density at radius 3 is 2.67 bits per heavy atom. The van der Waals surface area contributed by atoms with Gasteiger partial charge in [-0.2, -0.15) is 0 Å². The Morgan fingerprint density at radius 1 is 1.19 bits per heavy atom. The number of ether oxygens (including phenoxy) is 1. The van der Waals surface area contributed by atoms with E-state index >= 15 is 0 Å². The van der Waals surface area contributed by atoms with Gasteiger partial charge in [0.05, 0.1) is 5.69 Å². The van der Waals surface area contributed by atoms with Crippen molar-refractivity contribution in [1.29, 1.82) is 0 Å². The third-order valence-electron chi connectivity index (χ3n) is 3.06. The molecule has 0 saturated heterocycles. The van der Waals surface area contributed by atoms with Crippen LogP contribution in [0.3, 0.4) is 0 Å². The number of aryl methyl sites for hydroxylation is 2. The van der Waals surface area contributed by atoms with Crippen LogP contribution in [0.2, 0.25) is 0 Å². The molecule has 0 amide bonds. The number of benzene rings is 2. The first-order valence-corrected chi connectivity index (χ1v) is 6.78. The molecule has 3 nitrogen and oxygen atoms in total. The lowest BCUT2D eigenvalue weighted by Crippen LogP contribution is -1.93. The fraction of sp³-hybridized carbons (Fsp3) is 0.167. The topological polar surface area (TPSA) is 41.8 Å². The van der Waals surface area contributed by atoms with Crippen molar-refractivity contribution in [1.82, 2.24) is 0 Å². The van der Waals surface area contributed by atoms with Crippen molar-refractivity contribution < 1.29 is 9.84 Å². The minimum Gasteiger partial charge on any atom is -0.507 e. The molecule has 0 radical (unpaired) electrons. The zero-order valence-electron chi connectivity index (χ0n) is 12.3. The van der Waals surface area contributed by atoms with E-state index in [-0.39, 0.29) is 5.75 Å². The van der Waals surface area contributed by atoms with Gasteiger partial charge < -0.3 is 9.84 Å². The van der Waals surface area contributed by atoms with Gasteiger partial charge >= 0.3 is 0 Å². The van der Waals surface area contributed by atoms with Crippen molar-refractivity contribution in [2.75, 3.05) is 6.61 Å². The summed E-state index contributed by atoms with van der Waals surface area (Å²) in [4.78, 5) is 4.43. The third kappa shape index (κ3) is 3.96. The molecular weight excluding hydrogens is 262 g/mol. The Morgan fingerprint density at radius 2 is 2.00 bits per heavy atom. The highest BCUT2D eigenvalue weighted by atomic mass is 16.5. The lowest BCUT2D eigenvalue weighted by Gasteiger charge is -2.05. The minimum absolute atomic E-state index is 0.144. The Balaban J connectivity index is 2.19. The number of phenols is 1. The standard InChI is InChI=1S/C18H19NO2/c1-4-9-21-16-7-6-15(18(20)11-16)12-19-17-8-5-13(2)10-14(17)3/h4-8,10-12,20H,1,9H2,2-3H3. The SMILES string of the molecule is C=CCOc1ccc(C=Nc2ccc(C)cc2C)c(O)c1. The summed E-state index contributed by atoms with van der Waals surface area (Å²) in [5.74, 6) is 0.751. The zero-order chi connectivity index (χ0) is 15.2. The van der Waals surface area contributed by atoms with Gasteiger partial charge in [0.25, 0.3) is 0 Å². The monoisotopic (exact) mass is 281 g/mol.